The lowest BCUT2D eigenvalue weighted by Crippen LogP contribution is -2.52. The molecule has 4 fully saturated rings. The molecule has 4 aliphatic rings. The smallest absolute Gasteiger partial charge is 0.283 e. The minimum atomic E-state index is -2.78. The first-order valence-electron chi connectivity index (χ1n) is 10.2. The third kappa shape index (κ3) is 3.25. The number of nitrogens with zero attached hydrogens (tertiary/aromatic N) is 4. The zero-order chi connectivity index (χ0) is 20.3. The van der Waals surface area contributed by atoms with Gasteiger partial charge in [0.1, 0.15) is 12.2 Å². The quantitative estimate of drug-likeness (QED) is 0.767. The van der Waals surface area contributed by atoms with Crippen LogP contribution in [0.4, 0.5) is 14.6 Å². The van der Waals surface area contributed by atoms with Gasteiger partial charge in [0.05, 0.1) is 16.3 Å². The van der Waals surface area contributed by atoms with E-state index < -0.39 is 12.1 Å². The highest BCUT2D eigenvalue weighted by atomic mass is 35.5. The molecule has 1 amide bonds. The lowest BCUT2D eigenvalue weighted by atomic mass is 9.53. The van der Waals surface area contributed by atoms with Crippen molar-refractivity contribution in [1.82, 2.24) is 19.6 Å². The van der Waals surface area contributed by atoms with E-state index >= 15 is 0 Å². The predicted molar refractivity (Wildman–Crippen MR) is 104 cm³/mol. The molecule has 0 unspecified atom stereocenters. The number of carbonyl (C=O) groups is 1. The van der Waals surface area contributed by atoms with E-state index in [4.69, 9.17) is 11.6 Å². The van der Waals surface area contributed by atoms with Crippen LogP contribution in [-0.2, 0) is 16.9 Å². The number of aromatic nitrogens is 4. The summed E-state index contributed by atoms with van der Waals surface area (Å²) in [5.74, 6) is 2.53. The third-order valence-electron chi connectivity index (χ3n) is 7.01. The zero-order valence-corrected chi connectivity index (χ0v) is 17.0. The summed E-state index contributed by atoms with van der Waals surface area (Å²) in [4.78, 5) is 12.4. The Balaban J connectivity index is 1.29. The van der Waals surface area contributed by atoms with E-state index in [0.29, 0.717) is 11.5 Å². The second-order valence-corrected chi connectivity index (χ2v) is 9.46. The van der Waals surface area contributed by atoms with Crippen molar-refractivity contribution in [3.63, 3.8) is 0 Å². The van der Waals surface area contributed by atoms with E-state index in [1.807, 2.05) is 12.3 Å². The zero-order valence-electron chi connectivity index (χ0n) is 16.2. The molecule has 0 aliphatic heterocycles. The molecule has 6 rings (SSSR count). The van der Waals surface area contributed by atoms with Crippen LogP contribution < -0.4 is 5.32 Å². The first-order valence-corrected chi connectivity index (χ1v) is 10.6. The first kappa shape index (κ1) is 19.0. The lowest BCUT2D eigenvalue weighted by molar-refractivity contribution is -0.117. The van der Waals surface area contributed by atoms with E-state index in [2.05, 4.69) is 20.2 Å². The fourth-order valence-corrected chi connectivity index (χ4v) is 6.38. The van der Waals surface area contributed by atoms with Gasteiger partial charge in [0.2, 0.25) is 5.91 Å². The number of rotatable bonds is 5. The van der Waals surface area contributed by atoms with Gasteiger partial charge in [0.15, 0.2) is 5.82 Å². The lowest BCUT2D eigenvalue weighted by Gasteiger charge is -2.56. The molecule has 29 heavy (non-hydrogen) atoms. The summed E-state index contributed by atoms with van der Waals surface area (Å²) in [6.07, 6.45) is 6.79. The molecule has 2 aromatic heterocycles. The summed E-state index contributed by atoms with van der Waals surface area (Å²) in [5, 5.41) is 11.1. The molecule has 4 aliphatic carbocycles. The van der Waals surface area contributed by atoms with Crippen molar-refractivity contribution in [1.29, 1.82) is 0 Å². The van der Waals surface area contributed by atoms with Crippen molar-refractivity contribution in [2.45, 2.75) is 64.0 Å². The standard InChI is InChI=1S/C20H24ClF2N5O/c1-11-17(21)18(19(22)23)26-27(11)10-16(29)24-15-2-3-28(25-15)20-7-12-4-13(8-20)6-14(5-12)9-20/h2-3,12-14,19H,4-10H2,1H3,(H,24,25,29). The molecule has 0 spiro atoms. The molecule has 2 aromatic rings. The van der Waals surface area contributed by atoms with E-state index in [-0.39, 0.29) is 23.0 Å². The van der Waals surface area contributed by atoms with Crippen LogP contribution in [-0.4, -0.2) is 25.5 Å². The van der Waals surface area contributed by atoms with Crippen LogP contribution in [0.15, 0.2) is 12.3 Å². The minimum absolute atomic E-state index is 0.0932. The summed E-state index contributed by atoms with van der Waals surface area (Å²) >= 11 is 5.90. The van der Waals surface area contributed by atoms with Gasteiger partial charge in [-0.3, -0.25) is 14.2 Å². The molecular formula is C20H24ClF2N5O. The Morgan fingerprint density at radius 3 is 2.41 bits per heavy atom. The fourth-order valence-electron chi connectivity index (χ4n) is 6.16. The number of carbonyl (C=O) groups excluding carboxylic acids is 1. The molecule has 1 N–H and O–H groups in total. The summed E-state index contributed by atoms with van der Waals surface area (Å²) < 4.78 is 29.2. The van der Waals surface area contributed by atoms with Gasteiger partial charge in [0.25, 0.3) is 6.43 Å². The van der Waals surface area contributed by atoms with E-state index in [0.717, 1.165) is 17.8 Å². The molecule has 156 valence electrons. The molecule has 9 heteroatoms. The minimum Gasteiger partial charge on any atom is -0.308 e. The van der Waals surface area contributed by atoms with Crippen LogP contribution in [0.5, 0.6) is 0 Å². The summed E-state index contributed by atoms with van der Waals surface area (Å²) in [5.41, 5.74) is -0.0602. The average Bonchev–Trinajstić information content (AvgIpc) is 3.21. The Kier molecular flexibility index (Phi) is 4.46. The van der Waals surface area contributed by atoms with Crippen LogP contribution >= 0.6 is 11.6 Å². The summed E-state index contributed by atoms with van der Waals surface area (Å²) in [6, 6.07) is 1.81. The van der Waals surface area contributed by atoms with Crippen molar-refractivity contribution >= 4 is 23.3 Å². The van der Waals surface area contributed by atoms with Gasteiger partial charge in [-0.2, -0.15) is 10.2 Å². The van der Waals surface area contributed by atoms with Crippen molar-refractivity contribution < 1.29 is 13.6 Å². The highest BCUT2D eigenvalue weighted by Crippen LogP contribution is 2.58. The Morgan fingerprint density at radius 1 is 1.24 bits per heavy atom. The largest absolute Gasteiger partial charge is 0.308 e. The number of nitrogens with one attached hydrogen (secondary N) is 1. The summed E-state index contributed by atoms with van der Waals surface area (Å²) in [6.45, 7) is 1.37. The second-order valence-electron chi connectivity index (χ2n) is 9.08. The first-order chi connectivity index (χ1) is 13.8. The predicted octanol–water partition coefficient (Wildman–Crippen LogP) is 4.54. The van der Waals surface area contributed by atoms with Gasteiger partial charge >= 0.3 is 0 Å². The van der Waals surface area contributed by atoms with Crippen molar-refractivity contribution in [3.05, 3.63) is 28.7 Å². The monoisotopic (exact) mass is 423 g/mol. The molecule has 4 bridgehead atoms. The van der Waals surface area contributed by atoms with Crippen molar-refractivity contribution in [3.8, 4) is 0 Å². The number of amides is 1. The number of alkyl halides is 2. The van der Waals surface area contributed by atoms with Crippen LogP contribution in [0.3, 0.4) is 0 Å². The Hall–Kier alpha value is -1.96. The fraction of sp³-hybridized carbons (Fsp3) is 0.650. The normalized spacial score (nSPS) is 30.3. The maximum absolute atomic E-state index is 12.9. The average molecular weight is 424 g/mol. The van der Waals surface area contributed by atoms with Gasteiger partial charge in [-0.05, 0) is 63.2 Å². The van der Waals surface area contributed by atoms with E-state index in [9.17, 15) is 13.6 Å². The van der Waals surface area contributed by atoms with Gasteiger partial charge in [0, 0.05) is 12.3 Å². The maximum Gasteiger partial charge on any atom is 0.283 e. The molecule has 0 radical (unpaired) electrons. The van der Waals surface area contributed by atoms with Gasteiger partial charge in [-0.15, -0.1) is 0 Å². The number of halogens is 3. The van der Waals surface area contributed by atoms with Crippen molar-refractivity contribution in [2.24, 2.45) is 17.8 Å². The highest BCUT2D eigenvalue weighted by molar-refractivity contribution is 6.31. The number of hydrogen-bond acceptors (Lipinski definition) is 3. The van der Waals surface area contributed by atoms with E-state index in [1.165, 1.54) is 43.2 Å². The van der Waals surface area contributed by atoms with Crippen LogP contribution in [0.25, 0.3) is 0 Å². The van der Waals surface area contributed by atoms with E-state index in [1.54, 1.807) is 6.92 Å². The number of anilines is 1. The van der Waals surface area contributed by atoms with Crippen LogP contribution in [0.1, 0.15) is 56.3 Å². The SMILES string of the molecule is Cc1c(Cl)c(C(F)F)nn1CC(=O)Nc1ccn(C23CC4CC(CC(C4)C2)C3)n1. The molecule has 6 nitrogen and oxygen atoms in total. The molecule has 0 atom stereocenters. The second kappa shape index (κ2) is 6.79. The van der Waals surface area contributed by atoms with Crippen LogP contribution in [0, 0.1) is 24.7 Å². The Bertz CT molecular complexity index is 918. The van der Waals surface area contributed by atoms with Crippen LogP contribution in [0.2, 0.25) is 5.02 Å². The van der Waals surface area contributed by atoms with Gasteiger partial charge in [-0.25, -0.2) is 8.78 Å². The third-order valence-corrected chi connectivity index (χ3v) is 7.47. The van der Waals surface area contributed by atoms with Crippen molar-refractivity contribution in [2.75, 3.05) is 5.32 Å². The summed E-state index contributed by atoms with van der Waals surface area (Å²) in [7, 11) is 0. The topological polar surface area (TPSA) is 64.7 Å². The van der Waals surface area contributed by atoms with Gasteiger partial charge in [-0.1, -0.05) is 11.6 Å². The highest BCUT2D eigenvalue weighted by Gasteiger charge is 2.52. The molecule has 2 heterocycles. The maximum atomic E-state index is 12.9. The molecule has 0 saturated heterocycles. The molecule has 4 saturated carbocycles. The molecular weight excluding hydrogens is 400 g/mol. The molecule has 0 aromatic carbocycles. The Morgan fingerprint density at radius 2 is 1.86 bits per heavy atom. The Labute approximate surface area is 172 Å². The van der Waals surface area contributed by atoms with Gasteiger partial charge < -0.3 is 5.32 Å². The number of hydrogen-bond donors (Lipinski definition) is 1.